The van der Waals surface area contributed by atoms with Crippen LogP contribution in [0, 0.1) is 6.92 Å². The van der Waals surface area contributed by atoms with Crippen LogP contribution >= 0.6 is 23.2 Å². The molecule has 0 saturated heterocycles. The van der Waals surface area contributed by atoms with Crippen LogP contribution in [0.25, 0.3) is 22.2 Å². The van der Waals surface area contributed by atoms with Gasteiger partial charge >= 0.3 is 0 Å². The zero-order valence-corrected chi connectivity index (χ0v) is 16.7. The lowest BCUT2D eigenvalue weighted by atomic mass is 10.1. The first kappa shape index (κ1) is 19.2. The quantitative estimate of drug-likeness (QED) is 0.522. The predicted octanol–water partition coefficient (Wildman–Crippen LogP) is 4.31. The summed E-state index contributed by atoms with van der Waals surface area (Å²) in [6, 6.07) is 14.2. The number of benzene rings is 2. The minimum Gasteiger partial charge on any atom is -0.360 e. The molecule has 2 aromatic heterocycles. The van der Waals surface area contributed by atoms with E-state index in [1.165, 1.54) is 0 Å². The second kappa shape index (κ2) is 7.69. The monoisotopic (exact) mass is 428 g/mol. The van der Waals surface area contributed by atoms with Crippen LogP contribution < -0.4 is 10.9 Å². The molecule has 29 heavy (non-hydrogen) atoms. The van der Waals surface area contributed by atoms with Crippen molar-refractivity contribution in [3.63, 3.8) is 0 Å². The Morgan fingerprint density at radius 2 is 1.90 bits per heavy atom. The number of aryl methyl sites for hydroxylation is 1. The molecule has 0 fully saturated rings. The van der Waals surface area contributed by atoms with Crippen molar-refractivity contribution in [2.24, 2.45) is 0 Å². The largest absolute Gasteiger partial charge is 0.360 e. The van der Waals surface area contributed by atoms with E-state index in [4.69, 9.17) is 27.7 Å². The number of nitrogens with one attached hydrogen (secondary N) is 1. The van der Waals surface area contributed by atoms with Crippen LogP contribution in [0.4, 0.5) is 5.69 Å². The van der Waals surface area contributed by atoms with Gasteiger partial charge in [-0.25, -0.2) is 4.68 Å². The number of carbonyl (C=O) groups excluding carboxylic acids is 1. The van der Waals surface area contributed by atoms with Gasteiger partial charge in [0.15, 0.2) is 5.52 Å². The highest BCUT2D eigenvalue weighted by Crippen LogP contribution is 2.30. The molecule has 0 aliphatic heterocycles. The molecule has 0 radical (unpaired) electrons. The molecule has 0 spiro atoms. The summed E-state index contributed by atoms with van der Waals surface area (Å²) >= 11 is 12.1. The normalized spacial score (nSPS) is 11.0. The smallest absolute Gasteiger partial charge is 0.297 e. The van der Waals surface area contributed by atoms with E-state index in [0.29, 0.717) is 27.6 Å². The van der Waals surface area contributed by atoms with Crippen LogP contribution in [0.15, 0.2) is 57.8 Å². The summed E-state index contributed by atoms with van der Waals surface area (Å²) < 4.78 is 6.26. The molecule has 0 atom stereocenters. The number of rotatable bonds is 4. The Morgan fingerprint density at radius 3 is 2.66 bits per heavy atom. The Morgan fingerprint density at radius 1 is 1.14 bits per heavy atom. The van der Waals surface area contributed by atoms with E-state index in [2.05, 4.69) is 15.6 Å². The maximum Gasteiger partial charge on any atom is 0.297 e. The first-order valence-corrected chi connectivity index (χ1v) is 9.37. The molecular weight excluding hydrogens is 415 g/mol. The Kier molecular flexibility index (Phi) is 5.08. The molecule has 1 N–H and O–H groups in total. The predicted molar refractivity (Wildman–Crippen MR) is 111 cm³/mol. The Labute approximate surface area is 174 Å². The molecular formula is C20H14Cl2N4O3. The average Bonchev–Trinajstić information content (AvgIpc) is 3.10. The number of halogens is 2. The molecule has 0 saturated carbocycles. The number of hydrogen-bond acceptors (Lipinski definition) is 5. The van der Waals surface area contributed by atoms with E-state index < -0.39 is 11.5 Å². The van der Waals surface area contributed by atoms with Crippen molar-refractivity contribution in [2.75, 3.05) is 5.32 Å². The van der Waals surface area contributed by atoms with E-state index in [-0.39, 0.29) is 17.1 Å². The topological polar surface area (TPSA) is 90.0 Å². The van der Waals surface area contributed by atoms with Gasteiger partial charge in [0.2, 0.25) is 5.91 Å². The van der Waals surface area contributed by atoms with E-state index in [1.807, 2.05) is 30.3 Å². The van der Waals surface area contributed by atoms with Gasteiger partial charge in [-0.15, -0.1) is 0 Å². The van der Waals surface area contributed by atoms with Crippen molar-refractivity contribution in [3.05, 3.63) is 74.7 Å². The third-order valence-electron chi connectivity index (χ3n) is 4.32. The van der Waals surface area contributed by atoms with Gasteiger partial charge in [0.1, 0.15) is 18.0 Å². The number of hydrogen-bond donors (Lipinski definition) is 1. The minimum atomic E-state index is -0.524. The van der Waals surface area contributed by atoms with Crippen molar-refractivity contribution in [1.29, 1.82) is 0 Å². The number of anilines is 1. The molecule has 7 nitrogen and oxygen atoms in total. The zero-order chi connectivity index (χ0) is 20.5. The SMILES string of the molecule is Cc1onc2c(=O)n(CC(=O)Nc3cccc(Cl)c3Cl)nc(-c3ccccc3)c12. The lowest BCUT2D eigenvalue weighted by molar-refractivity contribution is -0.117. The van der Waals surface area contributed by atoms with Crippen LogP contribution in [0.3, 0.4) is 0 Å². The van der Waals surface area contributed by atoms with Gasteiger partial charge in [-0.2, -0.15) is 5.10 Å². The van der Waals surface area contributed by atoms with Crippen molar-refractivity contribution < 1.29 is 9.32 Å². The van der Waals surface area contributed by atoms with Gasteiger partial charge in [0, 0.05) is 5.56 Å². The second-order valence-corrected chi connectivity index (χ2v) is 7.07. The number of carbonyl (C=O) groups is 1. The standard InChI is InChI=1S/C20H14Cl2N4O3/c1-11-16-18(12-6-3-2-4-7-12)24-26(20(28)19(16)25-29-11)10-15(27)23-14-9-5-8-13(21)17(14)22/h2-9H,10H2,1H3,(H,23,27). The number of fused-ring (bicyclic) bond motifs is 1. The summed E-state index contributed by atoms with van der Waals surface area (Å²) in [5.74, 6) is -0.00638. The molecule has 4 rings (SSSR count). The molecule has 1 amide bonds. The number of amides is 1. The third kappa shape index (κ3) is 3.62. The summed E-state index contributed by atoms with van der Waals surface area (Å²) in [7, 11) is 0. The molecule has 0 unspecified atom stereocenters. The van der Waals surface area contributed by atoms with Gasteiger partial charge in [-0.1, -0.05) is 64.8 Å². The van der Waals surface area contributed by atoms with Crippen LogP contribution in [0.5, 0.6) is 0 Å². The maximum absolute atomic E-state index is 12.8. The van der Waals surface area contributed by atoms with Crippen LogP contribution in [0.1, 0.15) is 5.76 Å². The molecule has 9 heteroatoms. The summed E-state index contributed by atoms with van der Waals surface area (Å²) in [6.07, 6.45) is 0. The Bertz CT molecular complexity index is 1280. The number of nitrogens with zero attached hydrogens (tertiary/aromatic N) is 3. The third-order valence-corrected chi connectivity index (χ3v) is 5.14. The fraction of sp³-hybridized carbons (Fsp3) is 0.100. The van der Waals surface area contributed by atoms with Crippen molar-refractivity contribution in [2.45, 2.75) is 13.5 Å². The highest BCUT2D eigenvalue weighted by atomic mass is 35.5. The lowest BCUT2D eigenvalue weighted by Gasteiger charge is -2.10. The molecule has 0 aliphatic rings. The molecule has 146 valence electrons. The fourth-order valence-corrected chi connectivity index (χ4v) is 3.31. The van der Waals surface area contributed by atoms with Gasteiger partial charge in [0.05, 0.1) is 21.1 Å². The maximum atomic E-state index is 12.8. The average molecular weight is 429 g/mol. The van der Waals surface area contributed by atoms with Gasteiger partial charge in [0.25, 0.3) is 5.56 Å². The Hall–Kier alpha value is -3.16. The van der Waals surface area contributed by atoms with Crippen molar-refractivity contribution in [1.82, 2.24) is 14.9 Å². The Balaban J connectivity index is 1.74. The van der Waals surface area contributed by atoms with Gasteiger partial charge in [-0.3, -0.25) is 9.59 Å². The minimum absolute atomic E-state index is 0.116. The van der Waals surface area contributed by atoms with Crippen LogP contribution in [-0.4, -0.2) is 20.8 Å². The molecule has 0 aliphatic carbocycles. The first-order valence-electron chi connectivity index (χ1n) is 8.62. The highest BCUT2D eigenvalue weighted by Gasteiger charge is 2.20. The molecule has 2 heterocycles. The lowest BCUT2D eigenvalue weighted by Crippen LogP contribution is -2.30. The van der Waals surface area contributed by atoms with E-state index in [0.717, 1.165) is 10.2 Å². The molecule has 2 aromatic carbocycles. The summed E-state index contributed by atoms with van der Waals surface area (Å²) in [5, 5.41) is 12.0. The van der Waals surface area contributed by atoms with Crippen LogP contribution in [-0.2, 0) is 11.3 Å². The van der Waals surface area contributed by atoms with E-state index in [9.17, 15) is 9.59 Å². The zero-order valence-electron chi connectivity index (χ0n) is 15.1. The summed E-state index contributed by atoms with van der Waals surface area (Å²) in [4.78, 5) is 25.3. The molecule has 0 bridgehead atoms. The second-order valence-electron chi connectivity index (χ2n) is 6.29. The van der Waals surface area contributed by atoms with E-state index in [1.54, 1.807) is 25.1 Å². The first-order chi connectivity index (χ1) is 14.0. The van der Waals surface area contributed by atoms with Gasteiger partial charge in [-0.05, 0) is 19.1 Å². The summed E-state index contributed by atoms with van der Waals surface area (Å²) in [6.45, 7) is 1.38. The van der Waals surface area contributed by atoms with Crippen molar-refractivity contribution >= 4 is 45.7 Å². The number of aromatic nitrogens is 3. The fourth-order valence-electron chi connectivity index (χ4n) is 2.97. The van der Waals surface area contributed by atoms with Crippen molar-refractivity contribution in [3.8, 4) is 11.3 Å². The van der Waals surface area contributed by atoms with Gasteiger partial charge < -0.3 is 9.84 Å². The van der Waals surface area contributed by atoms with E-state index >= 15 is 0 Å². The summed E-state index contributed by atoms with van der Waals surface area (Å²) in [5.41, 5.74) is 1.22. The van der Waals surface area contributed by atoms with Crippen LogP contribution in [0.2, 0.25) is 10.0 Å². The highest BCUT2D eigenvalue weighted by molar-refractivity contribution is 6.43. The molecule has 4 aromatic rings.